The van der Waals surface area contributed by atoms with Gasteiger partial charge in [0.1, 0.15) is 0 Å². The van der Waals surface area contributed by atoms with Gasteiger partial charge in [0.25, 0.3) is 0 Å². The first kappa shape index (κ1) is 9.72. The minimum absolute atomic E-state index is 0.517. The lowest BCUT2D eigenvalue weighted by Crippen LogP contribution is -2.03. The Kier molecular flexibility index (Phi) is 2.42. The third-order valence-corrected chi connectivity index (χ3v) is 1.97. The van der Waals surface area contributed by atoms with Gasteiger partial charge in [0.05, 0.1) is 6.10 Å². The SMILES string of the molecule is Cc1nnn(-c2ccc(C(C)O)cn2)n1. The summed E-state index contributed by atoms with van der Waals surface area (Å²) in [5.74, 6) is 1.18. The van der Waals surface area contributed by atoms with E-state index in [-0.39, 0.29) is 0 Å². The standard InChI is InChI=1S/C9H11N5O/c1-6(15)8-3-4-9(10-5-8)14-12-7(2)11-13-14/h3-6,15H,1-2H3. The van der Waals surface area contributed by atoms with Crippen molar-refractivity contribution in [2.75, 3.05) is 0 Å². The minimum Gasteiger partial charge on any atom is -0.389 e. The number of aliphatic hydroxyl groups excluding tert-OH is 1. The number of hydrogen-bond donors (Lipinski definition) is 1. The Bertz CT molecular complexity index is 448. The fraction of sp³-hybridized carbons (Fsp3) is 0.333. The summed E-state index contributed by atoms with van der Waals surface area (Å²) in [6.07, 6.45) is 1.08. The topological polar surface area (TPSA) is 76.7 Å². The zero-order valence-corrected chi connectivity index (χ0v) is 8.49. The summed E-state index contributed by atoms with van der Waals surface area (Å²) < 4.78 is 0. The van der Waals surface area contributed by atoms with Gasteiger partial charge in [0.15, 0.2) is 11.6 Å². The Hall–Kier alpha value is -1.82. The molecule has 2 aromatic rings. The molecule has 6 heteroatoms. The molecule has 0 aliphatic heterocycles. The van der Waals surface area contributed by atoms with E-state index in [0.29, 0.717) is 11.6 Å². The Balaban J connectivity index is 2.31. The van der Waals surface area contributed by atoms with Gasteiger partial charge >= 0.3 is 0 Å². The molecule has 78 valence electrons. The zero-order chi connectivity index (χ0) is 10.8. The molecule has 0 saturated heterocycles. The van der Waals surface area contributed by atoms with Crippen LogP contribution in [0.1, 0.15) is 24.4 Å². The normalized spacial score (nSPS) is 12.7. The van der Waals surface area contributed by atoms with Gasteiger partial charge in [-0.1, -0.05) is 6.07 Å². The van der Waals surface area contributed by atoms with Crippen molar-refractivity contribution >= 4 is 0 Å². The third-order valence-electron chi connectivity index (χ3n) is 1.97. The molecular formula is C9H11N5O. The maximum atomic E-state index is 9.30. The summed E-state index contributed by atoms with van der Waals surface area (Å²) >= 11 is 0. The van der Waals surface area contributed by atoms with E-state index in [0.717, 1.165) is 5.56 Å². The Morgan fingerprint density at radius 2 is 2.20 bits per heavy atom. The lowest BCUT2D eigenvalue weighted by atomic mass is 10.2. The van der Waals surface area contributed by atoms with Crippen LogP contribution in [-0.4, -0.2) is 30.3 Å². The molecule has 0 amide bonds. The van der Waals surface area contributed by atoms with Crippen molar-refractivity contribution in [1.29, 1.82) is 0 Å². The van der Waals surface area contributed by atoms with Crippen LogP contribution in [0.3, 0.4) is 0 Å². The van der Waals surface area contributed by atoms with Crippen LogP contribution in [0.5, 0.6) is 0 Å². The first-order valence-electron chi connectivity index (χ1n) is 4.58. The number of hydrogen-bond acceptors (Lipinski definition) is 5. The Morgan fingerprint density at radius 3 is 2.67 bits per heavy atom. The second kappa shape index (κ2) is 3.74. The van der Waals surface area contributed by atoms with Crippen LogP contribution in [0.2, 0.25) is 0 Å². The molecule has 0 aromatic carbocycles. The average molecular weight is 205 g/mol. The highest BCUT2D eigenvalue weighted by Crippen LogP contribution is 2.11. The minimum atomic E-state index is -0.517. The predicted molar refractivity (Wildman–Crippen MR) is 52.3 cm³/mol. The highest BCUT2D eigenvalue weighted by molar-refractivity contribution is 5.23. The molecule has 0 aliphatic rings. The van der Waals surface area contributed by atoms with Gasteiger partial charge in [-0.2, -0.15) is 0 Å². The molecule has 0 aliphatic carbocycles. The lowest BCUT2D eigenvalue weighted by Gasteiger charge is -2.03. The summed E-state index contributed by atoms with van der Waals surface area (Å²) in [4.78, 5) is 5.47. The molecule has 2 heterocycles. The fourth-order valence-electron chi connectivity index (χ4n) is 1.14. The molecule has 2 aromatic heterocycles. The van der Waals surface area contributed by atoms with E-state index in [9.17, 15) is 5.11 Å². The van der Waals surface area contributed by atoms with Crippen LogP contribution in [-0.2, 0) is 0 Å². The molecule has 1 atom stereocenters. The van der Waals surface area contributed by atoms with Crippen molar-refractivity contribution in [3.63, 3.8) is 0 Å². The van der Waals surface area contributed by atoms with E-state index in [2.05, 4.69) is 20.4 Å². The summed E-state index contributed by atoms with van der Waals surface area (Å²) in [6, 6.07) is 3.52. The van der Waals surface area contributed by atoms with Gasteiger partial charge < -0.3 is 5.11 Å². The molecule has 1 unspecified atom stereocenters. The number of aromatic nitrogens is 5. The summed E-state index contributed by atoms with van der Waals surface area (Å²) in [5, 5.41) is 20.9. The van der Waals surface area contributed by atoms with Crippen LogP contribution in [0.4, 0.5) is 0 Å². The lowest BCUT2D eigenvalue weighted by molar-refractivity contribution is 0.199. The van der Waals surface area contributed by atoms with Crippen LogP contribution in [0.15, 0.2) is 18.3 Å². The van der Waals surface area contributed by atoms with Crippen molar-refractivity contribution in [3.8, 4) is 5.82 Å². The van der Waals surface area contributed by atoms with Gasteiger partial charge in [0.2, 0.25) is 0 Å². The summed E-state index contributed by atoms with van der Waals surface area (Å²) in [5.41, 5.74) is 0.760. The molecule has 6 nitrogen and oxygen atoms in total. The van der Waals surface area contributed by atoms with Crippen LogP contribution < -0.4 is 0 Å². The molecule has 2 rings (SSSR count). The first-order valence-corrected chi connectivity index (χ1v) is 4.58. The number of rotatable bonds is 2. The molecule has 1 N–H and O–H groups in total. The maximum Gasteiger partial charge on any atom is 0.176 e. The molecule has 0 bridgehead atoms. The maximum absolute atomic E-state index is 9.30. The predicted octanol–water partition coefficient (Wildman–Crippen LogP) is 0.419. The number of nitrogens with zero attached hydrogens (tertiary/aromatic N) is 5. The van der Waals surface area contributed by atoms with Crippen molar-refractivity contribution in [1.82, 2.24) is 25.2 Å². The molecule has 0 fully saturated rings. The van der Waals surface area contributed by atoms with E-state index in [1.54, 1.807) is 32.2 Å². The third kappa shape index (κ3) is 1.99. The molecule has 15 heavy (non-hydrogen) atoms. The van der Waals surface area contributed by atoms with Gasteiger partial charge in [-0.05, 0) is 30.7 Å². The second-order valence-corrected chi connectivity index (χ2v) is 3.25. The number of tetrazole rings is 1. The molecule has 0 spiro atoms. The van der Waals surface area contributed by atoms with E-state index >= 15 is 0 Å². The van der Waals surface area contributed by atoms with Crippen molar-refractivity contribution in [2.45, 2.75) is 20.0 Å². The van der Waals surface area contributed by atoms with Gasteiger partial charge in [-0.15, -0.1) is 15.0 Å². The van der Waals surface area contributed by atoms with Crippen LogP contribution in [0, 0.1) is 6.92 Å². The van der Waals surface area contributed by atoms with Crippen molar-refractivity contribution in [3.05, 3.63) is 29.7 Å². The van der Waals surface area contributed by atoms with Crippen LogP contribution >= 0.6 is 0 Å². The second-order valence-electron chi connectivity index (χ2n) is 3.25. The summed E-state index contributed by atoms with van der Waals surface area (Å²) in [6.45, 7) is 3.45. The van der Waals surface area contributed by atoms with E-state index in [1.807, 2.05) is 0 Å². The smallest absolute Gasteiger partial charge is 0.176 e. The van der Waals surface area contributed by atoms with Gasteiger partial charge in [-0.3, -0.25) is 0 Å². The van der Waals surface area contributed by atoms with Crippen molar-refractivity contribution < 1.29 is 5.11 Å². The first-order chi connectivity index (χ1) is 7.16. The van der Waals surface area contributed by atoms with E-state index in [4.69, 9.17) is 0 Å². The number of aryl methyl sites for hydroxylation is 1. The van der Waals surface area contributed by atoms with Crippen LogP contribution in [0.25, 0.3) is 5.82 Å². The molecule has 0 saturated carbocycles. The van der Waals surface area contributed by atoms with Gasteiger partial charge in [-0.25, -0.2) is 4.98 Å². The Labute approximate surface area is 86.6 Å². The largest absolute Gasteiger partial charge is 0.389 e. The zero-order valence-electron chi connectivity index (χ0n) is 8.49. The quantitative estimate of drug-likeness (QED) is 0.768. The van der Waals surface area contributed by atoms with Crippen molar-refractivity contribution in [2.24, 2.45) is 0 Å². The highest BCUT2D eigenvalue weighted by atomic mass is 16.3. The average Bonchev–Trinajstić information content (AvgIpc) is 2.65. The number of aliphatic hydroxyl groups is 1. The highest BCUT2D eigenvalue weighted by Gasteiger charge is 2.04. The number of pyridine rings is 1. The van der Waals surface area contributed by atoms with Gasteiger partial charge in [0, 0.05) is 6.20 Å². The monoisotopic (exact) mass is 205 g/mol. The summed E-state index contributed by atoms with van der Waals surface area (Å²) in [7, 11) is 0. The Morgan fingerprint density at radius 1 is 1.40 bits per heavy atom. The van der Waals surface area contributed by atoms with E-state index in [1.165, 1.54) is 4.80 Å². The fourth-order valence-corrected chi connectivity index (χ4v) is 1.14. The molecule has 0 radical (unpaired) electrons. The van der Waals surface area contributed by atoms with E-state index < -0.39 is 6.10 Å². The molecular weight excluding hydrogens is 194 g/mol.